The molecule has 1 unspecified atom stereocenters. The van der Waals surface area contributed by atoms with Crippen LogP contribution < -0.4 is 20.1 Å². The first-order chi connectivity index (χ1) is 14.0. The Morgan fingerprint density at radius 1 is 0.966 bits per heavy atom. The standard InChI is InChI=1S/C21H17BrN2O5/c1-12(14-4-7-16-18(10-14)28-11-27-16)23-20(25)13-2-5-15(6-3-13)24-21(26)17-8-9-19(22)29-17/h2-10,12H,11H2,1H3,(H,23,25)(H,24,26). The number of amides is 2. The molecule has 0 spiro atoms. The van der Waals surface area contributed by atoms with Crippen molar-refractivity contribution in [2.45, 2.75) is 13.0 Å². The minimum atomic E-state index is -0.371. The molecule has 0 saturated carbocycles. The molecule has 0 bridgehead atoms. The predicted molar refractivity (Wildman–Crippen MR) is 109 cm³/mol. The van der Waals surface area contributed by atoms with Gasteiger partial charge in [0.25, 0.3) is 11.8 Å². The lowest BCUT2D eigenvalue weighted by Crippen LogP contribution is -2.26. The van der Waals surface area contributed by atoms with E-state index in [1.807, 2.05) is 25.1 Å². The van der Waals surface area contributed by atoms with Gasteiger partial charge >= 0.3 is 0 Å². The summed E-state index contributed by atoms with van der Waals surface area (Å²) in [5.41, 5.74) is 1.95. The van der Waals surface area contributed by atoms with Crippen LogP contribution in [-0.2, 0) is 0 Å². The topological polar surface area (TPSA) is 89.8 Å². The monoisotopic (exact) mass is 456 g/mol. The molecule has 1 aliphatic heterocycles. The highest BCUT2D eigenvalue weighted by molar-refractivity contribution is 9.10. The van der Waals surface area contributed by atoms with Crippen molar-refractivity contribution >= 4 is 33.4 Å². The van der Waals surface area contributed by atoms with Crippen LogP contribution in [0, 0.1) is 0 Å². The minimum absolute atomic E-state index is 0.191. The van der Waals surface area contributed by atoms with E-state index in [9.17, 15) is 9.59 Å². The van der Waals surface area contributed by atoms with Gasteiger partial charge in [-0.1, -0.05) is 6.07 Å². The molecule has 29 heavy (non-hydrogen) atoms. The maximum absolute atomic E-state index is 12.5. The van der Waals surface area contributed by atoms with Crippen LogP contribution >= 0.6 is 15.9 Å². The molecule has 8 heteroatoms. The number of halogens is 1. The molecule has 1 aliphatic rings. The summed E-state index contributed by atoms with van der Waals surface area (Å²) in [6, 6.07) is 15.2. The van der Waals surface area contributed by atoms with Crippen molar-refractivity contribution in [2.24, 2.45) is 0 Å². The van der Waals surface area contributed by atoms with Crippen LogP contribution in [0.2, 0.25) is 0 Å². The highest BCUT2D eigenvalue weighted by Gasteiger charge is 2.17. The molecule has 1 atom stereocenters. The van der Waals surface area contributed by atoms with Crippen molar-refractivity contribution in [3.8, 4) is 11.5 Å². The first-order valence-corrected chi connectivity index (χ1v) is 9.66. The lowest BCUT2D eigenvalue weighted by Gasteiger charge is -2.15. The van der Waals surface area contributed by atoms with Crippen molar-refractivity contribution in [2.75, 3.05) is 12.1 Å². The summed E-state index contributed by atoms with van der Waals surface area (Å²) in [5, 5.41) is 5.67. The van der Waals surface area contributed by atoms with Gasteiger partial charge in [0.1, 0.15) is 0 Å². The van der Waals surface area contributed by atoms with E-state index in [1.54, 1.807) is 36.4 Å². The van der Waals surface area contributed by atoms with Crippen molar-refractivity contribution in [1.82, 2.24) is 5.32 Å². The van der Waals surface area contributed by atoms with Crippen LogP contribution in [0.4, 0.5) is 5.69 Å². The molecule has 2 aromatic carbocycles. The van der Waals surface area contributed by atoms with Gasteiger partial charge in [0, 0.05) is 11.3 Å². The average molecular weight is 457 g/mol. The van der Waals surface area contributed by atoms with Crippen LogP contribution in [0.3, 0.4) is 0 Å². The Balaban J connectivity index is 1.38. The molecule has 7 nitrogen and oxygen atoms in total. The Bertz CT molecular complexity index is 1060. The average Bonchev–Trinajstić information content (AvgIpc) is 3.36. The number of furan rings is 1. The van der Waals surface area contributed by atoms with E-state index >= 15 is 0 Å². The molecule has 0 aliphatic carbocycles. The Morgan fingerprint density at radius 3 is 2.45 bits per heavy atom. The van der Waals surface area contributed by atoms with Gasteiger partial charge in [-0.3, -0.25) is 9.59 Å². The van der Waals surface area contributed by atoms with Gasteiger partial charge in [0.2, 0.25) is 6.79 Å². The molecular weight excluding hydrogens is 440 g/mol. The number of ether oxygens (including phenoxy) is 2. The summed E-state index contributed by atoms with van der Waals surface area (Å²) < 4.78 is 16.4. The van der Waals surface area contributed by atoms with Crippen molar-refractivity contribution in [1.29, 1.82) is 0 Å². The first-order valence-electron chi connectivity index (χ1n) is 8.87. The molecule has 0 saturated heterocycles. The summed E-state index contributed by atoms with van der Waals surface area (Å²) >= 11 is 3.16. The van der Waals surface area contributed by atoms with Crippen molar-refractivity contribution < 1.29 is 23.5 Å². The number of hydrogen-bond acceptors (Lipinski definition) is 5. The maximum atomic E-state index is 12.5. The summed E-state index contributed by atoms with van der Waals surface area (Å²) in [7, 11) is 0. The molecule has 3 aromatic rings. The molecule has 0 fully saturated rings. The fourth-order valence-corrected chi connectivity index (χ4v) is 3.19. The zero-order valence-corrected chi connectivity index (χ0v) is 17.0. The van der Waals surface area contributed by atoms with Crippen LogP contribution in [0.1, 0.15) is 39.4 Å². The Hall–Kier alpha value is -3.26. The fourth-order valence-electron chi connectivity index (χ4n) is 2.88. The number of anilines is 1. The highest BCUT2D eigenvalue weighted by atomic mass is 79.9. The normalized spacial score (nSPS) is 13.0. The van der Waals surface area contributed by atoms with Crippen LogP contribution in [0.5, 0.6) is 11.5 Å². The smallest absolute Gasteiger partial charge is 0.291 e. The number of carbonyl (C=O) groups is 2. The zero-order chi connectivity index (χ0) is 20.4. The van der Waals surface area contributed by atoms with E-state index in [4.69, 9.17) is 13.9 Å². The molecule has 2 heterocycles. The van der Waals surface area contributed by atoms with E-state index in [1.165, 1.54) is 0 Å². The highest BCUT2D eigenvalue weighted by Crippen LogP contribution is 2.34. The molecule has 0 radical (unpaired) electrons. The van der Waals surface area contributed by atoms with E-state index in [2.05, 4.69) is 26.6 Å². The lowest BCUT2D eigenvalue weighted by atomic mass is 10.1. The molecular formula is C21H17BrN2O5. The number of nitrogens with one attached hydrogen (secondary N) is 2. The third kappa shape index (κ3) is 4.27. The SMILES string of the molecule is CC(NC(=O)c1ccc(NC(=O)c2ccc(Br)o2)cc1)c1ccc2c(c1)OCO2. The number of hydrogen-bond donors (Lipinski definition) is 2. The second kappa shape index (κ2) is 8.00. The summed E-state index contributed by atoms with van der Waals surface area (Å²) in [6.07, 6.45) is 0. The lowest BCUT2D eigenvalue weighted by molar-refractivity contribution is 0.0939. The summed E-state index contributed by atoms with van der Waals surface area (Å²) in [4.78, 5) is 24.7. The Labute approximate surface area is 175 Å². The van der Waals surface area contributed by atoms with E-state index in [0.717, 1.165) is 5.56 Å². The molecule has 2 N–H and O–H groups in total. The largest absolute Gasteiger partial charge is 0.454 e. The molecule has 1 aromatic heterocycles. The van der Waals surface area contributed by atoms with E-state index in [0.29, 0.717) is 27.4 Å². The first kappa shape index (κ1) is 19.1. The van der Waals surface area contributed by atoms with E-state index < -0.39 is 0 Å². The quantitative estimate of drug-likeness (QED) is 0.589. The van der Waals surface area contributed by atoms with Gasteiger partial charge in [-0.05, 0) is 76.9 Å². The van der Waals surface area contributed by atoms with Crippen LogP contribution in [0.15, 0.2) is 63.7 Å². The van der Waals surface area contributed by atoms with Gasteiger partial charge in [-0.2, -0.15) is 0 Å². The van der Waals surface area contributed by atoms with E-state index in [-0.39, 0.29) is 30.4 Å². The third-order valence-electron chi connectivity index (χ3n) is 4.45. The third-order valence-corrected chi connectivity index (χ3v) is 4.87. The van der Waals surface area contributed by atoms with Gasteiger partial charge in [-0.15, -0.1) is 0 Å². The van der Waals surface area contributed by atoms with Gasteiger partial charge in [0.05, 0.1) is 6.04 Å². The number of rotatable bonds is 5. The summed E-state index contributed by atoms with van der Waals surface area (Å²) in [6.45, 7) is 2.10. The molecule has 148 valence electrons. The van der Waals surface area contributed by atoms with Crippen molar-refractivity contribution in [3.05, 3.63) is 76.2 Å². The van der Waals surface area contributed by atoms with Gasteiger partial charge in [0.15, 0.2) is 21.9 Å². The second-order valence-electron chi connectivity index (χ2n) is 6.44. The number of benzene rings is 2. The second-order valence-corrected chi connectivity index (χ2v) is 7.22. The Morgan fingerprint density at radius 2 is 1.72 bits per heavy atom. The fraction of sp³-hybridized carbons (Fsp3) is 0.143. The summed E-state index contributed by atoms with van der Waals surface area (Å²) in [5.74, 6) is 0.975. The van der Waals surface area contributed by atoms with Crippen LogP contribution in [0.25, 0.3) is 0 Å². The molecule has 4 rings (SSSR count). The minimum Gasteiger partial charge on any atom is -0.454 e. The predicted octanol–water partition coefficient (Wildman–Crippen LogP) is 4.51. The van der Waals surface area contributed by atoms with Crippen molar-refractivity contribution in [3.63, 3.8) is 0 Å². The van der Waals surface area contributed by atoms with Crippen LogP contribution in [-0.4, -0.2) is 18.6 Å². The number of carbonyl (C=O) groups excluding carboxylic acids is 2. The zero-order valence-electron chi connectivity index (χ0n) is 15.4. The van der Waals surface area contributed by atoms with Gasteiger partial charge < -0.3 is 24.5 Å². The molecule has 2 amide bonds. The maximum Gasteiger partial charge on any atom is 0.291 e. The Kier molecular flexibility index (Phi) is 5.26. The number of fused-ring (bicyclic) bond motifs is 1. The van der Waals surface area contributed by atoms with Gasteiger partial charge in [-0.25, -0.2) is 0 Å².